The van der Waals surface area contributed by atoms with E-state index in [1.807, 2.05) is 22.5 Å². The Morgan fingerprint density at radius 2 is 2.00 bits per heavy atom. The number of aliphatic hydroxyl groups excluding tert-OH is 1. The molecule has 3 rings (SSSR count). The minimum atomic E-state index is -0.210. The fourth-order valence-electron chi connectivity index (χ4n) is 3.44. The molecule has 1 N–H and O–H groups in total. The third kappa shape index (κ3) is 3.61. The van der Waals surface area contributed by atoms with E-state index in [2.05, 4.69) is 42.0 Å². The van der Waals surface area contributed by atoms with E-state index in [0.717, 1.165) is 36.4 Å². The molecule has 0 radical (unpaired) electrons. The molecule has 1 unspecified atom stereocenters. The number of piperidine rings is 1. The van der Waals surface area contributed by atoms with Crippen LogP contribution in [0.1, 0.15) is 30.9 Å². The first-order valence-electron chi connectivity index (χ1n) is 8.58. The molecular formula is C18H26N4OS. The summed E-state index contributed by atoms with van der Waals surface area (Å²) in [4.78, 5) is 2.36. The van der Waals surface area contributed by atoms with E-state index in [9.17, 15) is 5.11 Å². The fraction of sp³-hybridized carbons (Fsp3) is 0.556. The van der Waals surface area contributed by atoms with Crippen molar-refractivity contribution in [3.63, 3.8) is 0 Å². The maximum Gasteiger partial charge on any atom is 0.203 e. The Bertz CT molecular complexity index is 757. The van der Waals surface area contributed by atoms with Gasteiger partial charge in [-0.1, -0.05) is 17.7 Å². The van der Waals surface area contributed by atoms with Crippen LogP contribution in [-0.2, 0) is 6.67 Å². The third-order valence-corrected chi connectivity index (χ3v) is 5.40. The molecule has 0 amide bonds. The number of aryl methyl sites for hydroxylation is 2. The SMILES string of the molecule is Cc1ccc(-n2cnn(CN3CCC(C(C)O)CC3)c2=S)c(C)c1. The number of aromatic nitrogens is 3. The van der Waals surface area contributed by atoms with Crippen LogP contribution in [0.2, 0.25) is 0 Å². The molecule has 0 bridgehead atoms. The van der Waals surface area contributed by atoms with E-state index in [4.69, 9.17) is 12.2 Å². The zero-order valence-corrected chi connectivity index (χ0v) is 15.5. The smallest absolute Gasteiger partial charge is 0.203 e. The first kappa shape index (κ1) is 17.3. The van der Waals surface area contributed by atoms with Crippen LogP contribution >= 0.6 is 12.2 Å². The molecule has 1 aromatic carbocycles. The Morgan fingerprint density at radius 3 is 2.62 bits per heavy atom. The van der Waals surface area contributed by atoms with Crippen LogP contribution in [0.15, 0.2) is 24.5 Å². The van der Waals surface area contributed by atoms with Gasteiger partial charge in [-0.3, -0.25) is 9.47 Å². The van der Waals surface area contributed by atoms with Gasteiger partial charge in [0.1, 0.15) is 6.33 Å². The Morgan fingerprint density at radius 1 is 1.29 bits per heavy atom. The number of aliphatic hydroxyl groups is 1. The highest BCUT2D eigenvalue weighted by atomic mass is 32.1. The molecular weight excluding hydrogens is 320 g/mol. The van der Waals surface area contributed by atoms with Crippen LogP contribution in [0.3, 0.4) is 0 Å². The molecule has 0 saturated carbocycles. The van der Waals surface area contributed by atoms with Gasteiger partial charge in [0.05, 0.1) is 18.5 Å². The lowest BCUT2D eigenvalue weighted by molar-refractivity contribution is 0.0591. The Hall–Kier alpha value is -1.50. The molecule has 1 aliphatic rings. The zero-order valence-electron chi connectivity index (χ0n) is 14.6. The Kier molecular flexibility index (Phi) is 5.18. The molecule has 6 heteroatoms. The number of benzene rings is 1. The van der Waals surface area contributed by atoms with Crippen LogP contribution < -0.4 is 0 Å². The van der Waals surface area contributed by atoms with E-state index >= 15 is 0 Å². The summed E-state index contributed by atoms with van der Waals surface area (Å²) >= 11 is 5.63. The second-order valence-electron chi connectivity index (χ2n) is 6.91. The minimum Gasteiger partial charge on any atom is -0.393 e. The van der Waals surface area contributed by atoms with Crippen LogP contribution in [0.5, 0.6) is 0 Å². The molecule has 1 fully saturated rings. The van der Waals surface area contributed by atoms with Gasteiger partial charge in [0.15, 0.2) is 0 Å². The maximum absolute atomic E-state index is 9.72. The van der Waals surface area contributed by atoms with Gasteiger partial charge < -0.3 is 5.11 Å². The average Bonchev–Trinajstić information content (AvgIpc) is 2.89. The van der Waals surface area contributed by atoms with E-state index in [1.165, 1.54) is 11.1 Å². The predicted octanol–water partition coefficient (Wildman–Crippen LogP) is 3.07. The predicted molar refractivity (Wildman–Crippen MR) is 97.8 cm³/mol. The van der Waals surface area contributed by atoms with Crippen molar-refractivity contribution < 1.29 is 5.11 Å². The lowest BCUT2D eigenvalue weighted by Crippen LogP contribution is -2.38. The van der Waals surface area contributed by atoms with Gasteiger partial charge in [0.2, 0.25) is 4.77 Å². The first-order valence-corrected chi connectivity index (χ1v) is 8.99. The summed E-state index contributed by atoms with van der Waals surface area (Å²) in [7, 11) is 0. The van der Waals surface area contributed by atoms with Gasteiger partial charge in [0, 0.05) is 13.1 Å². The van der Waals surface area contributed by atoms with Gasteiger partial charge >= 0.3 is 0 Å². The lowest BCUT2D eigenvalue weighted by Gasteiger charge is -2.32. The average molecular weight is 347 g/mol. The van der Waals surface area contributed by atoms with E-state index in [1.54, 1.807) is 0 Å². The van der Waals surface area contributed by atoms with Crippen molar-refractivity contribution in [2.45, 2.75) is 46.4 Å². The fourth-order valence-corrected chi connectivity index (χ4v) is 3.69. The van der Waals surface area contributed by atoms with Gasteiger partial charge in [-0.2, -0.15) is 5.10 Å². The van der Waals surface area contributed by atoms with Crippen LogP contribution in [0.25, 0.3) is 5.69 Å². The molecule has 24 heavy (non-hydrogen) atoms. The maximum atomic E-state index is 9.72. The topological polar surface area (TPSA) is 46.2 Å². The lowest BCUT2D eigenvalue weighted by atomic mass is 9.92. The van der Waals surface area contributed by atoms with Crippen LogP contribution in [0, 0.1) is 24.5 Å². The van der Waals surface area contributed by atoms with Crippen molar-refractivity contribution in [3.8, 4) is 5.69 Å². The van der Waals surface area contributed by atoms with Crippen molar-refractivity contribution in [1.82, 2.24) is 19.2 Å². The molecule has 1 aromatic heterocycles. The van der Waals surface area contributed by atoms with E-state index in [-0.39, 0.29) is 6.10 Å². The van der Waals surface area contributed by atoms with Crippen molar-refractivity contribution in [1.29, 1.82) is 0 Å². The molecule has 2 heterocycles. The molecule has 130 valence electrons. The summed E-state index contributed by atoms with van der Waals surface area (Å²) in [6, 6.07) is 6.36. The number of hydrogen-bond donors (Lipinski definition) is 1. The largest absolute Gasteiger partial charge is 0.393 e. The third-order valence-electron chi connectivity index (χ3n) is 4.99. The van der Waals surface area contributed by atoms with Gasteiger partial charge in [-0.15, -0.1) is 0 Å². The molecule has 2 aromatic rings. The number of hydrogen-bond acceptors (Lipinski definition) is 4. The summed E-state index contributed by atoms with van der Waals surface area (Å²) in [6.45, 7) is 8.76. The summed E-state index contributed by atoms with van der Waals surface area (Å²) in [6.07, 6.45) is 3.66. The number of nitrogens with zero attached hydrogens (tertiary/aromatic N) is 4. The van der Waals surface area contributed by atoms with Gasteiger partial charge in [-0.05, 0) is 63.4 Å². The highest BCUT2D eigenvalue weighted by Crippen LogP contribution is 2.21. The number of rotatable bonds is 4. The van der Waals surface area contributed by atoms with Gasteiger partial charge in [0.25, 0.3) is 0 Å². The normalized spacial score (nSPS) is 18.0. The van der Waals surface area contributed by atoms with Gasteiger partial charge in [-0.25, -0.2) is 4.68 Å². The van der Waals surface area contributed by atoms with Crippen LogP contribution in [-0.4, -0.2) is 43.5 Å². The van der Waals surface area contributed by atoms with E-state index < -0.39 is 0 Å². The molecule has 0 aliphatic carbocycles. The molecule has 5 nitrogen and oxygen atoms in total. The summed E-state index contributed by atoms with van der Waals surface area (Å²) in [5.74, 6) is 0.419. The molecule has 1 saturated heterocycles. The van der Waals surface area contributed by atoms with E-state index in [0.29, 0.717) is 12.6 Å². The standard InChI is InChI=1S/C18H26N4OS/c1-13-4-5-17(14(2)10-13)21-11-19-22(18(21)24)12-20-8-6-16(7-9-20)15(3)23/h4-5,10-11,15-16,23H,6-9,12H2,1-3H3. The monoisotopic (exact) mass is 346 g/mol. The highest BCUT2D eigenvalue weighted by Gasteiger charge is 2.23. The zero-order chi connectivity index (χ0) is 17.3. The molecule has 0 spiro atoms. The Labute approximate surface area is 148 Å². The first-order chi connectivity index (χ1) is 11.5. The number of likely N-dealkylation sites (tertiary alicyclic amines) is 1. The van der Waals surface area contributed by atoms with Crippen LogP contribution in [0.4, 0.5) is 0 Å². The Balaban J connectivity index is 1.73. The summed E-state index contributed by atoms with van der Waals surface area (Å²) in [5, 5.41) is 14.2. The van der Waals surface area contributed by atoms with Crippen molar-refractivity contribution in [3.05, 3.63) is 40.4 Å². The molecule has 1 atom stereocenters. The van der Waals surface area contributed by atoms with Crippen molar-refractivity contribution in [2.75, 3.05) is 13.1 Å². The second-order valence-corrected chi connectivity index (χ2v) is 7.28. The summed E-state index contributed by atoms with van der Waals surface area (Å²) < 4.78 is 4.59. The second kappa shape index (κ2) is 7.17. The summed E-state index contributed by atoms with van der Waals surface area (Å²) in [5.41, 5.74) is 3.53. The highest BCUT2D eigenvalue weighted by molar-refractivity contribution is 7.71. The molecule has 1 aliphatic heterocycles. The minimum absolute atomic E-state index is 0.210. The quantitative estimate of drug-likeness (QED) is 0.864. The van der Waals surface area contributed by atoms with Crippen molar-refractivity contribution >= 4 is 12.2 Å². The van der Waals surface area contributed by atoms with Crippen molar-refractivity contribution in [2.24, 2.45) is 5.92 Å².